The van der Waals surface area contributed by atoms with E-state index in [1.807, 2.05) is 13.8 Å². The zero-order valence-corrected chi connectivity index (χ0v) is 10.5. The molecule has 2 atom stereocenters. The van der Waals surface area contributed by atoms with E-state index in [9.17, 15) is 13.9 Å². The van der Waals surface area contributed by atoms with E-state index >= 15 is 0 Å². The van der Waals surface area contributed by atoms with Gasteiger partial charge in [0.05, 0.1) is 6.10 Å². The minimum atomic E-state index is -2.92. The molecule has 1 aromatic rings. The van der Waals surface area contributed by atoms with E-state index < -0.39 is 18.8 Å². The molecule has 1 aromatic carbocycles. The van der Waals surface area contributed by atoms with Gasteiger partial charge in [-0.05, 0) is 18.4 Å². The fourth-order valence-electron chi connectivity index (χ4n) is 1.83. The molecular formula is C13H19F2NO2. The second-order valence-corrected chi connectivity index (χ2v) is 4.65. The lowest BCUT2D eigenvalue weighted by molar-refractivity contribution is -0.0518. The molecule has 0 amide bonds. The lowest BCUT2D eigenvalue weighted by Gasteiger charge is -2.22. The van der Waals surface area contributed by atoms with Crippen molar-refractivity contribution >= 4 is 0 Å². The molecule has 0 aliphatic carbocycles. The fraction of sp³-hybridized carbons (Fsp3) is 0.538. The van der Waals surface area contributed by atoms with Crippen LogP contribution in [0.15, 0.2) is 24.3 Å². The summed E-state index contributed by atoms with van der Waals surface area (Å²) in [5.41, 5.74) is 6.15. The largest absolute Gasteiger partial charge is 0.434 e. The van der Waals surface area contributed by atoms with E-state index in [4.69, 9.17) is 5.73 Å². The van der Waals surface area contributed by atoms with Crippen LogP contribution >= 0.6 is 0 Å². The molecule has 5 heteroatoms. The minimum Gasteiger partial charge on any atom is -0.434 e. The summed E-state index contributed by atoms with van der Waals surface area (Å²) in [5, 5.41) is 10.1. The normalized spacial score (nSPS) is 14.9. The first-order valence-electron chi connectivity index (χ1n) is 5.89. The Morgan fingerprint density at radius 2 is 1.89 bits per heavy atom. The van der Waals surface area contributed by atoms with Gasteiger partial charge in [-0.1, -0.05) is 32.0 Å². The van der Waals surface area contributed by atoms with Gasteiger partial charge in [0.1, 0.15) is 5.75 Å². The van der Waals surface area contributed by atoms with Gasteiger partial charge in [-0.25, -0.2) is 0 Å². The number of rotatable bonds is 6. The van der Waals surface area contributed by atoms with Gasteiger partial charge in [-0.15, -0.1) is 0 Å². The number of alkyl halides is 2. The van der Waals surface area contributed by atoms with E-state index in [1.165, 1.54) is 6.07 Å². The molecule has 0 aliphatic heterocycles. The molecular weight excluding hydrogens is 240 g/mol. The van der Waals surface area contributed by atoms with Gasteiger partial charge >= 0.3 is 6.61 Å². The molecule has 18 heavy (non-hydrogen) atoms. The maximum absolute atomic E-state index is 12.2. The lowest BCUT2D eigenvalue weighted by Crippen LogP contribution is -2.30. The average molecular weight is 259 g/mol. The van der Waals surface area contributed by atoms with Crippen LogP contribution in [0.5, 0.6) is 5.75 Å². The Hall–Kier alpha value is -1.20. The number of hydrogen-bond donors (Lipinski definition) is 2. The van der Waals surface area contributed by atoms with Crippen molar-refractivity contribution in [1.29, 1.82) is 0 Å². The predicted octanol–water partition coefficient (Wildman–Crippen LogP) is 2.69. The fourth-order valence-corrected chi connectivity index (χ4v) is 1.83. The van der Waals surface area contributed by atoms with Crippen LogP contribution in [0.3, 0.4) is 0 Å². The van der Waals surface area contributed by atoms with Crippen LogP contribution in [0, 0.1) is 5.92 Å². The van der Waals surface area contributed by atoms with E-state index in [0.29, 0.717) is 17.9 Å². The first-order valence-corrected chi connectivity index (χ1v) is 5.89. The maximum atomic E-state index is 12.2. The summed E-state index contributed by atoms with van der Waals surface area (Å²) in [7, 11) is 0. The number of hydrogen-bond acceptors (Lipinski definition) is 3. The first kappa shape index (κ1) is 14.9. The standard InChI is InChI=1S/C13H19F2NO2/c1-8(2)7-10(16)12(17)9-5-3-4-6-11(9)18-13(14)15/h3-6,8,10,12-13,17H,7,16H2,1-2H3. The summed E-state index contributed by atoms with van der Waals surface area (Å²) in [6.45, 7) is 1.04. The van der Waals surface area contributed by atoms with E-state index in [0.717, 1.165) is 0 Å². The molecule has 0 aromatic heterocycles. The molecule has 0 heterocycles. The van der Waals surface area contributed by atoms with Crippen molar-refractivity contribution in [3.05, 3.63) is 29.8 Å². The molecule has 0 aliphatic rings. The minimum absolute atomic E-state index is 0.0285. The summed E-state index contributed by atoms with van der Waals surface area (Å²) < 4.78 is 28.9. The smallest absolute Gasteiger partial charge is 0.387 e. The Morgan fingerprint density at radius 1 is 1.28 bits per heavy atom. The summed E-state index contributed by atoms with van der Waals surface area (Å²) in [5.74, 6) is 0.289. The predicted molar refractivity (Wildman–Crippen MR) is 65.5 cm³/mol. The molecule has 0 fully saturated rings. The Kier molecular flexibility index (Phi) is 5.50. The van der Waals surface area contributed by atoms with Crippen molar-refractivity contribution in [2.24, 2.45) is 11.7 Å². The van der Waals surface area contributed by atoms with Crippen LogP contribution in [0.25, 0.3) is 0 Å². The number of benzene rings is 1. The second-order valence-electron chi connectivity index (χ2n) is 4.65. The highest BCUT2D eigenvalue weighted by Gasteiger charge is 2.22. The Morgan fingerprint density at radius 3 is 2.44 bits per heavy atom. The molecule has 0 bridgehead atoms. The number of halogens is 2. The SMILES string of the molecule is CC(C)CC(N)C(O)c1ccccc1OC(F)F. The Bertz CT molecular complexity index is 372. The van der Waals surface area contributed by atoms with Crippen LogP contribution in [0.1, 0.15) is 31.9 Å². The van der Waals surface area contributed by atoms with E-state index in [2.05, 4.69) is 4.74 Å². The topological polar surface area (TPSA) is 55.5 Å². The highest BCUT2D eigenvalue weighted by Crippen LogP contribution is 2.29. The summed E-state index contributed by atoms with van der Waals surface area (Å²) in [4.78, 5) is 0. The van der Waals surface area contributed by atoms with Gasteiger partial charge in [0.2, 0.25) is 0 Å². The molecule has 0 saturated carbocycles. The third kappa shape index (κ3) is 4.23. The van der Waals surface area contributed by atoms with Crippen LogP contribution in [-0.4, -0.2) is 17.8 Å². The molecule has 0 radical (unpaired) electrons. The molecule has 1 rings (SSSR count). The average Bonchev–Trinajstić information content (AvgIpc) is 2.27. The lowest BCUT2D eigenvalue weighted by atomic mass is 9.95. The summed E-state index contributed by atoms with van der Waals surface area (Å²) >= 11 is 0. The van der Waals surface area contributed by atoms with Gasteiger partial charge in [-0.3, -0.25) is 0 Å². The van der Waals surface area contributed by atoms with E-state index in [1.54, 1.807) is 18.2 Å². The first-order chi connectivity index (χ1) is 8.41. The highest BCUT2D eigenvalue weighted by atomic mass is 19.3. The van der Waals surface area contributed by atoms with Crippen LogP contribution in [0.4, 0.5) is 8.78 Å². The zero-order valence-electron chi connectivity index (χ0n) is 10.5. The maximum Gasteiger partial charge on any atom is 0.387 e. The van der Waals surface area contributed by atoms with Gasteiger partial charge in [0, 0.05) is 11.6 Å². The zero-order chi connectivity index (χ0) is 13.7. The number of ether oxygens (including phenoxy) is 1. The monoisotopic (exact) mass is 259 g/mol. The molecule has 3 N–H and O–H groups in total. The number of nitrogens with two attached hydrogens (primary N) is 1. The molecule has 102 valence electrons. The van der Waals surface area contributed by atoms with Crippen molar-refractivity contribution in [3.8, 4) is 5.75 Å². The van der Waals surface area contributed by atoms with Crippen LogP contribution in [0.2, 0.25) is 0 Å². The van der Waals surface area contributed by atoms with Gasteiger partial charge in [0.15, 0.2) is 0 Å². The Balaban J connectivity index is 2.87. The molecule has 3 nitrogen and oxygen atoms in total. The summed E-state index contributed by atoms with van der Waals surface area (Å²) in [6.07, 6.45) is -0.410. The Labute approximate surface area is 106 Å². The molecule has 0 spiro atoms. The highest BCUT2D eigenvalue weighted by molar-refractivity contribution is 5.35. The van der Waals surface area contributed by atoms with Gasteiger partial charge in [-0.2, -0.15) is 8.78 Å². The van der Waals surface area contributed by atoms with Gasteiger partial charge in [0.25, 0.3) is 0 Å². The second kappa shape index (κ2) is 6.66. The van der Waals surface area contributed by atoms with E-state index in [-0.39, 0.29) is 5.75 Å². The summed E-state index contributed by atoms with van der Waals surface area (Å²) in [6, 6.07) is 5.66. The molecule has 0 saturated heterocycles. The van der Waals surface area contributed by atoms with Crippen molar-refractivity contribution in [2.45, 2.75) is 39.0 Å². The third-order valence-electron chi connectivity index (χ3n) is 2.60. The van der Waals surface area contributed by atoms with Crippen LogP contribution < -0.4 is 10.5 Å². The van der Waals surface area contributed by atoms with Gasteiger partial charge < -0.3 is 15.6 Å². The number of aliphatic hydroxyl groups excluding tert-OH is 1. The van der Waals surface area contributed by atoms with Crippen molar-refractivity contribution in [3.63, 3.8) is 0 Å². The van der Waals surface area contributed by atoms with Crippen LogP contribution in [-0.2, 0) is 0 Å². The van der Waals surface area contributed by atoms with Crippen molar-refractivity contribution in [2.75, 3.05) is 0 Å². The quantitative estimate of drug-likeness (QED) is 0.825. The van der Waals surface area contributed by atoms with Crippen molar-refractivity contribution in [1.82, 2.24) is 0 Å². The molecule has 2 unspecified atom stereocenters. The van der Waals surface area contributed by atoms with Crippen molar-refractivity contribution < 1.29 is 18.6 Å². The third-order valence-corrected chi connectivity index (χ3v) is 2.60. The number of aliphatic hydroxyl groups is 1. The number of para-hydroxylation sites is 1.